The molecule has 0 unspecified atom stereocenters. The van der Waals surface area contributed by atoms with Gasteiger partial charge in [-0.2, -0.15) is 5.26 Å². The highest BCUT2D eigenvalue weighted by molar-refractivity contribution is 6.35. The molecule has 3 heterocycles. The lowest BCUT2D eigenvalue weighted by Crippen LogP contribution is -2.51. The first-order valence-electron chi connectivity index (χ1n) is 11.6. The van der Waals surface area contributed by atoms with Gasteiger partial charge in [-0.3, -0.25) is 14.4 Å². The summed E-state index contributed by atoms with van der Waals surface area (Å²) in [7, 11) is 0. The number of amides is 3. The van der Waals surface area contributed by atoms with Gasteiger partial charge in [0.05, 0.1) is 16.6 Å². The zero-order valence-electron chi connectivity index (χ0n) is 18.4. The van der Waals surface area contributed by atoms with Gasteiger partial charge >= 0.3 is 0 Å². The Hall–Kier alpha value is -3.12. The van der Waals surface area contributed by atoms with E-state index < -0.39 is 17.9 Å². The SMILES string of the molecule is N#C[C@H](C[C@@H]1CCNC1=O)NC(=O)[C@@H]1[C@H]2CCC[C@H]2CN1C(=O)c1cc2c(Cl)cc(F)cc2[nH]1. The molecule has 0 spiro atoms. The maximum atomic E-state index is 13.8. The average Bonchev–Trinajstić information content (AvgIpc) is 3.56. The number of hydrogen-bond acceptors (Lipinski definition) is 4. The molecule has 5 rings (SSSR count). The Kier molecular flexibility index (Phi) is 5.94. The first-order chi connectivity index (χ1) is 16.4. The highest BCUT2D eigenvalue weighted by atomic mass is 35.5. The topological polar surface area (TPSA) is 118 Å². The molecular formula is C24H25ClFN5O3. The summed E-state index contributed by atoms with van der Waals surface area (Å²) < 4.78 is 13.8. The third-order valence-corrected chi connectivity index (χ3v) is 7.77. The van der Waals surface area contributed by atoms with Gasteiger partial charge in [0.1, 0.15) is 23.6 Å². The van der Waals surface area contributed by atoms with Gasteiger partial charge in [0.25, 0.3) is 5.91 Å². The molecule has 1 aromatic heterocycles. The van der Waals surface area contributed by atoms with Crippen molar-refractivity contribution < 1.29 is 18.8 Å². The van der Waals surface area contributed by atoms with Crippen molar-refractivity contribution in [2.45, 2.75) is 44.2 Å². The number of likely N-dealkylation sites (tertiary alicyclic amines) is 1. The lowest BCUT2D eigenvalue weighted by Gasteiger charge is -2.28. The number of hydrogen-bond donors (Lipinski definition) is 3. The van der Waals surface area contributed by atoms with Crippen LogP contribution < -0.4 is 10.6 Å². The Morgan fingerprint density at radius 1 is 1.29 bits per heavy atom. The molecule has 0 radical (unpaired) electrons. The second-order valence-electron chi connectivity index (χ2n) is 9.49. The van der Waals surface area contributed by atoms with Gasteiger partial charge in [-0.25, -0.2) is 4.39 Å². The number of nitriles is 1. The minimum Gasteiger partial charge on any atom is -0.356 e. The number of fused-ring (bicyclic) bond motifs is 2. The van der Waals surface area contributed by atoms with Gasteiger partial charge in [0, 0.05) is 24.4 Å². The molecule has 3 amide bonds. The van der Waals surface area contributed by atoms with E-state index in [-0.39, 0.29) is 52.6 Å². The number of H-pyrrole nitrogens is 1. The van der Waals surface area contributed by atoms with Crippen molar-refractivity contribution in [2.75, 3.05) is 13.1 Å². The van der Waals surface area contributed by atoms with Crippen molar-refractivity contribution in [1.29, 1.82) is 5.26 Å². The summed E-state index contributed by atoms with van der Waals surface area (Å²) in [5.74, 6) is -1.41. The van der Waals surface area contributed by atoms with Crippen molar-refractivity contribution in [3.8, 4) is 6.07 Å². The maximum absolute atomic E-state index is 13.8. The van der Waals surface area contributed by atoms with Gasteiger partial charge in [-0.05, 0) is 55.7 Å². The Bertz CT molecular complexity index is 1210. The summed E-state index contributed by atoms with van der Waals surface area (Å²) in [5.41, 5.74) is 0.646. The minimum absolute atomic E-state index is 0.0171. The van der Waals surface area contributed by atoms with Gasteiger partial charge < -0.3 is 20.5 Å². The van der Waals surface area contributed by atoms with E-state index >= 15 is 0 Å². The van der Waals surface area contributed by atoms with E-state index in [1.54, 1.807) is 11.0 Å². The van der Waals surface area contributed by atoms with Crippen LogP contribution in [-0.2, 0) is 9.59 Å². The largest absolute Gasteiger partial charge is 0.356 e. The van der Waals surface area contributed by atoms with E-state index in [0.29, 0.717) is 30.4 Å². The van der Waals surface area contributed by atoms with Crippen LogP contribution >= 0.6 is 11.6 Å². The van der Waals surface area contributed by atoms with Crippen molar-refractivity contribution in [2.24, 2.45) is 17.8 Å². The van der Waals surface area contributed by atoms with Crippen LogP contribution in [0, 0.1) is 34.9 Å². The minimum atomic E-state index is -0.811. The molecular weight excluding hydrogens is 461 g/mol. The fraction of sp³-hybridized carbons (Fsp3) is 0.500. The quantitative estimate of drug-likeness (QED) is 0.603. The Balaban J connectivity index is 1.38. The first kappa shape index (κ1) is 22.7. The summed E-state index contributed by atoms with van der Waals surface area (Å²) in [6.45, 7) is 1.02. The predicted molar refractivity (Wildman–Crippen MR) is 122 cm³/mol. The standard InChI is InChI=1S/C24H25ClFN5O3/c25-18-7-14(26)8-19-17(18)9-20(30-19)24(34)31-11-13-2-1-3-16(13)21(31)23(33)29-15(10-27)6-12-4-5-28-22(12)32/h7-9,12-13,15-16,21,30H,1-6,11H2,(H,28,32)(H,29,33)/t12-,13-,15-,16-,21-/m0/s1. The van der Waals surface area contributed by atoms with Crippen LogP contribution in [0.4, 0.5) is 4.39 Å². The third kappa shape index (κ3) is 4.00. The summed E-state index contributed by atoms with van der Waals surface area (Å²) in [6.07, 6.45) is 3.64. The smallest absolute Gasteiger partial charge is 0.271 e. The molecule has 3 N–H and O–H groups in total. The van der Waals surface area contributed by atoms with E-state index in [0.717, 1.165) is 19.3 Å². The van der Waals surface area contributed by atoms with Crippen molar-refractivity contribution in [3.05, 3.63) is 34.7 Å². The molecule has 0 bridgehead atoms. The van der Waals surface area contributed by atoms with Crippen molar-refractivity contribution >= 4 is 40.2 Å². The van der Waals surface area contributed by atoms with Crippen LogP contribution in [-0.4, -0.2) is 52.8 Å². The Labute approximate surface area is 200 Å². The van der Waals surface area contributed by atoms with E-state index in [2.05, 4.69) is 21.7 Å². The van der Waals surface area contributed by atoms with E-state index in [9.17, 15) is 24.0 Å². The number of carbonyl (C=O) groups is 3. The number of aromatic nitrogens is 1. The number of benzene rings is 1. The van der Waals surface area contributed by atoms with E-state index in [1.807, 2.05) is 0 Å². The van der Waals surface area contributed by atoms with Gasteiger partial charge in [0.2, 0.25) is 11.8 Å². The first-order valence-corrected chi connectivity index (χ1v) is 12.0. The Morgan fingerprint density at radius 2 is 2.12 bits per heavy atom. The van der Waals surface area contributed by atoms with Gasteiger partial charge in [0.15, 0.2) is 0 Å². The van der Waals surface area contributed by atoms with Gasteiger partial charge in [-0.1, -0.05) is 18.0 Å². The zero-order valence-corrected chi connectivity index (χ0v) is 19.2. The third-order valence-electron chi connectivity index (χ3n) is 7.46. The normalized spacial score (nSPS) is 26.9. The maximum Gasteiger partial charge on any atom is 0.271 e. The molecule has 2 aliphatic heterocycles. The summed E-state index contributed by atoms with van der Waals surface area (Å²) in [5, 5.41) is 15.9. The second-order valence-corrected chi connectivity index (χ2v) is 9.90. The molecule has 5 atom stereocenters. The molecule has 1 aliphatic carbocycles. The molecule has 8 nitrogen and oxygen atoms in total. The van der Waals surface area contributed by atoms with Crippen LogP contribution in [0.25, 0.3) is 10.9 Å². The van der Waals surface area contributed by atoms with Gasteiger partial charge in [-0.15, -0.1) is 0 Å². The predicted octanol–water partition coefficient (Wildman–Crippen LogP) is 2.74. The molecule has 2 saturated heterocycles. The number of nitrogens with zero attached hydrogens (tertiary/aromatic N) is 2. The molecule has 1 aromatic carbocycles. The number of carbonyl (C=O) groups excluding carboxylic acids is 3. The average molecular weight is 486 g/mol. The van der Waals surface area contributed by atoms with Crippen LogP contribution in [0.15, 0.2) is 18.2 Å². The van der Waals surface area contributed by atoms with Crippen LogP contribution in [0.1, 0.15) is 42.6 Å². The molecule has 3 aliphatic rings. The molecule has 34 heavy (non-hydrogen) atoms. The number of halogens is 2. The monoisotopic (exact) mass is 485 g/mol. The Morgan fingerprint density at radius 3 is 2.85 bits per heavy atom. The molecule has 10 heteroatoms. The summed E-state index contributed by atoms with van der Waals surface area (Å²) in [6, 6.07) is 4.63. The van der Waals surface area contributed by atoms with Crippen molar-refractivity contribution in [1.82, 2.24) is 20.5 Å². The molecule has 2 aromatic rings. The molecule has 1 saturated carbocycles. The number of nitrogens with one attached hydrogen (secondary N) is 3. The lowest BCUT2D eigenvalue weighted by atomic mass is 9.92. The number of aromatic amines is 1. The van der Waals surface area contributed by atoms with E-state index in [1.165, 1.54) is 12.1 Å². The molecule has 178 valence electrons. The van der Waals surface area contributed by atoms with E-state index in [4.69, 9.17) is 11.6 Å². The zero-order chi connectivity index (χ0) is 24.0. The van der Waals surface area contributed by atoms with Crippen LogP contribution in [0.2, 0.25) is 5.02 Å². The van der Waals surface area contributed by atoms with Crippen LogP contribution in [0.5, 0.6) is 0 Å². The fourth-order valence-electron chi connectivity index (χ4n) is 5.84. The fourth-order valence-corrected chi connectivity index (χ4v) is 6.10. The lowest BCUT2D eigenvalue weighted by molar-refractivity contribution is -0.127. The van der Waals surface area contributed by atoms with Crippen molar-refractivity contribution in [3.63, 3.8) is 0 Å². The highest BCUT2D eigenvalue weighted by Crippen LogP contribution is 2.43. The number of rotatable bonds is 5. The molecule has 3 fully saturated rings. The second kappa shape index (κ2) is 8.91. The highest BCUT2D eigenvalue weighted by Gasteiger charge is 2.50. The summed E-state index contributed by atoms with van der Waals surface area (Å²) >= 11 is 6.14. The summed E-state index contributed by atoms with van der Waals surface area (Å²) in [4.78, 5) is 43.3. The van der Waals surface area contributed by atoms with Crippen LogP contribution in [0.3, 0.4) is 0 Å².